The fourth-order valence-corrected chi connectivity index (χ4v) is 1.56. The molecule has 1 aromatic carbocycles. The van der Waals surface area contributed by atoms with Gasteiger partial charge in [0.25, 0.3) is 0 Å². The number of hydrogen-bond donors (Lipinski definition) is 3. The van der Waals surface area contributed by atoms with E-state index in [9.17, 15) is 5.11 Å². The van der Waals surface area contributed by atoms with Gasteiger partial charge >= 0.3 is 0 Å². The normalized spacial score (nSPS) is 14.1. The van der Waals surface area contributed by atoms with E-state index in [1.165, 1.54) is 0 Å². The molecule has 1 aromatic rings. The van der Waals surface area contributed by atoms with Crippen molar-refractivity contribution in [3.05, 3.63) is 29.8 Å². The predicted octanol–water partition coefficient (Wildman–Crippen LogP) is 1.43. The highest BCUT2D eigenvalue weighted by Crippen LogP contribution is 2.19. The Morgan fingerprint density at radius 3 is 2.74 bits per heavy atom. The first-order valence-electron chi connectivity index (χ1n) is 6.22. The first-order chi connectivity index (χ1) is 8.81. The maximum atomic E-state index is 10.0. The van der Waals surface area contributed by atoms with Crippen LogP contribution in [0.3, 0.4) is 0 Å². The first kappa shape index (κ1) is 15.3. The highest BCUT2D eigenvalue weighted by atomic mass is 16.5. The smallest absolute Gasteiger partial charge is 0.189 e. The number of hydrogen-bond acceptors (Lipinski definition) is 3. The van der Waals surface area contributed by atoms with E-state index < -0.39 is 6.10 Å². The van der Waals surface area contributed by atoms with Crippen LogP contribution < -0.4 is 15.8 Å². The fourth-order valence-electron chi connectivity index (χ4n) is 1.56. The second-order valence-electron chi connectivity index (χ2n) is 5.39. The topological polar surface area (TPSA) is 79.9 Å². The van der Waals surface area contributed by atoms with Crippen LogP contribution in [0, 0.1) is 0 Å². The number of guanidine groups is 1. The van der Waals surface area contributed by atoms with Gasteiger partial charge in [-0.25, -0.2) is 0 Å². The van der Waals surface area contributed by atoms with Gasteiger partial charge in [0.1, 0.15) is 5.75 Å². The maximum absolute atomic E-state index is 10.0. The molecule has 0 aliphatic carbocycles. The molecular formula is C14H23N3O2. The van der Waals surface area contributed by atoms with Crippen LogP contribution >= 0.6 is 0 Å². The number of nitrogens with one attached hydrogen (secondary N) is 1. The highest BCUT2D eigenvalue weighted by molar-refractivity contribution is 5.78. The van der Waals surface area contributed by atoms with Crippen LogP contribution in [-0.2, 0) is 0 Å². The molecule has 1 rings (SSSR count). The van der Waals surface area contributed by atoms with Crippen LogP contribution in [0.1, 0.15) is 32.4 Å². The van der Waals surface area contributed by atoms with Crippen LogP contribution in [0.25, 0.3) is 0 Å². The molecule has 0 aromatic heterocycles. The first-order valence-corrected chi connectivity index (χ1v) is 6.22. The summed E-state index contributed by atoms with van der Waals surface area (Å²) in [5.74, 6) is 1.04. The van der Waals surface area contributed by atoms with Crippen molar-refractivity contribution in [2.24, 2.45) is 10.7 Å². The van der Waals surface area contributed by atoms with E-state index in [-0.39, 0.29) is 12.1 Å². The largest absolute Gasteiger partial charge is 0.497 e. The number of aliphatic hydroxyl groups is 1. The summed E-state index contributed by atoms with van der Waals surface area (Å²) in [6.45, 7) is 6.19. The molecule has 106 valence electrons. The maximum Gasteiger partial charge on any atom is 0.189 e. The summed E-state index contributed by atoms with van der Waals surface area (Å²) in [6, 6.07) is 7.27. The van der Waals surface area contributed by atoms with Gasteiger partial charge in [-0.2, -0.15) is 0 Å². The molecule has 0 spiro atoms. The molecule has 0 fully saturated rings. The molecule has 5 nitrogen and oxygen atoms in total. The molecule has 0 bridgehead atoms. The summed E-state index contributed by atoms with van der Waals surface area (Å²) in [5.41, 5.74) is 6.36. The molecule has 4 N–H and O–H groups in total. The molecule has 0 amide bonds. The van der Waals surface area contributed by atoms with Crippen molar-refractivity contribution >= 4 is 5.96 Å². The van der Waals surface area contributed by atoms with Crippen molar-refractivity contribution in [2.45, 2.75) is 32.4 Å². The van der Waals surface area contributed by atoms with Crippen LogP contribution in [0.4, 0.5) is 0 Å². The Balaban J connectivity index is 2.64. The van der Waals surface area contributed by atoms with Crippen molar-refractivity contribution in [3.8, 4) is 5.75 Å². The van der Waals surface area contributed by atoms with Crippen LogP contribution in [0.15, 0.2) is 29.3 Å². The number of aliphatic hydroxyl groups excluding tert-OH is 1. The van der Waals surface area contributed by atoms with E-state index in [1.807, 2.05) is 39.0 Å². The zero-order valence-electron chi connectivity index (χ0n) is 12.0. The molecule has 5 heteroatoms. The molecule has 0 saturated heterocycles. The van der Waals surface area contributed by atoms with E-state index in [4.69, 9.17) is 10.5 Å². The number of aliphatic imine (C=N–C) groups is 1. The van der Waals surface area contributed by atoms with Gasteiger partial charge in [0, 0.05) is 5.54 Å². The van der Waals surface area contributed by atoms with Gasteiger partial charge in [-0.05, 0) is 38.5 Å². The van der Waals surface area contributed by atoms with Gasteiger partial charge in [0.15, 0.2) is 5.96 Å². The molecule has 19 heavy (non-hydrogen) atoms. The zero-order valence-corrected chi connectivity index (χ0v) is 12.0. The van der Waals surface area contributed by atoms with Crippen molar-refractivity contribution in [2.75, 3.05) is 13.7 Å². The Labute approximate surface area is 114 Å². The average molecular weight is 265 g/mol. The SMILES string of the molecule is COc1cccc(C(O)CN=C(N)NC(C)(C)C)c1. The number of methoxy groups -OCH3 is 1. The van der Waals surface area contributed by atoms with Crippen molar-refractivity contribution in [3.63, 3.8) is 0 Å². The van der Waals surface area contributed by atoms with E-state index in [2.05, 4.69) is 10.3 Å². The molecule has 1 unspecified atom stereocenters. The van der Waals surface area contributed by atoms with E-state index in [1.54, 1.807) is 13.2 Å². The lowest BCUT2D eigenvalue weighted by molar-refractivity contribution is 0.186. The lowest BCUT2D eigenvalue weighted by Gasteiger charge is -2.21. The molecule has 0 saturated carbocycles. The number of rotatable bonds is 4. The predicted molar refractivity (Wildman–Crippen MR) is 77.3 cm³/mol. The zero-order chi connectivity index (χ0) is 14.5. The highest BCUT2D eigenvalue weighted by Gasteiger charge is 2.11. The van der Waals surface area contributed by atoms with Crippen molar-refractivity contribution in [1.82, 2.24) is 5.32 Å². The minimum Gasteiger partial charge on any atom is -0.497 e. The Hall–Kier alpha value is -1.75. The summed E-state index contributed by atoms with van der Waals surface area (Å²) < 4.78 is 5.11. The van der Waals surface area contributed by atoms with E-state index in [0.717, 1.165) is 5.56 Å². The molecule has 0 radical (unpaired) electrons. The average Bonchev–Trinajstić information content (AvgIpc) is 2.34. The van der Waals surface area contributed by atoms with Crippen molar-refractivity contribution in [1.29, 1.82) is 0 Å². The lowest BCUT2D eigenvalue weighted by atomic mass is 10.1. The Bertz CT molecular complexity index is 439. The molecule has 1 atom stereocenters. The van der Waals surface area contributed by atoms with Gasteiger partial charge in [0.2, 0.25) is 0 Å². The molecule has 0 aliphatic rings. The van der Waals surface area contributed by atoms with Gasteiger partial charge in [-0.1, -0.05) is 12.1 Å². The Kier molecular flexibility index (Phi) is 5.18. The van der Waals surface area contributed by atoms with Gasteiger partial charge in [-0.3, -0.25) is 4.99 Å². The summed E-state index contributed by atoms with van der Waals surface area (Å²) in [7, 11) is 1.59. The number of benzene rings is 1. The molecular weight excluding hydrogens is 242 g/mol. The summed E-state index contributed by atoms with van der Waals surface area (Å²) in [5, 5.41) is 13.1. The molecule has 0 aliphatic heterocycles. The summed E-state index contributed by atoms with van der Waals surface area (Å²) >= 11 is 0. The van der Waals surface area contributed by atoms with Crippen LogP contribution in [0.2, 0.25) is 0 Å². The second kappa shape index (κ2) is 6.43. The molecule has 0 heterocycles. The van der Waals surface area contributed by atoms with Crippen molar-refractivity contribution < 1.29 is 9.84 Å². The monoisotopic (exact) mass is 265 g/mol. The van der Waals surface area contributed by atoms with Gasteiger partial charge in [-0.15, -0.1) is 0 Å². The van der Waals surface area contributed by atoms with Crippen LogP contribution in [0.5, 0.6) is 5.75 Å². The summed E-state index contributed by atoms with van der Waals surface area (Å²) in [6.07, 6.45) is -0.699. The van der Waals surface area contributed by atoms with Crippen LogP contribution in [-0.4, -0.2) is 30.3 Å². The third kappa shape index (κ3) is 5.61. The minimum absolute atomic E-state index is 0.144. The Morgan fingerprint density at radius 2 is 2.16 bits per heavy atom. The fraction of sp³-hybridized carbons (Fsp3) is 0.500. The standard InChI is InChI=1S/C14H23N3O2/c1-14(2,3)17-13(15)16-9-12(18)10-6-5-7-11(8-10)19-4/h5-8,12,18H,9H2,1-4H3,(H3,15,16,17). The van der Waals surface area contributed by atoms with Gasteiger partial charge in [0.05, 0.1) is 19.8 Å². The van der Waals surface area contributed by atoms with E-state index in [0.29, 0.717) is 11.7 Å². The lowest BCUT2D eigenvalue weighted by Crippen LogP contribution is -2.45. The third-order valence-electron chi connectivity index (χ3n) is 2.42. The summed E-state index contributed by atoms with van der Waals surface area (Å²) in [4.78, 5) is 4.13. The third-order valence-corrected chi connectivity index (χ3v) is 2.42. The number of nitrogens with two attached hydrogens (primary N) is 1. The second-order valence-corrected chi connectivity index (χ2v) is 5.39. The number of ether oxygens (including phenoxy) is 1. The quantitative estimate of drug-likeness (QED) is 0.568. The number of nitrogens with zero attached hydrogens (tertiary/aromatic N) is 1. The van der Waals surface area contributed by atoms with Gasteiger partial charge < -0.3 is 20.9 Å². The Morgan fingerprint density at radius 1 is 1.47 bits per heavy atom. The minimum atomic E-state index is -0.699. The van der Waals surface area contributed by atoms with E-state index >= 15 is 0 Å².